The third kappa shape index (κ3) is 4.12. The number of ether oxygens (including phenoxy) is 1. The lowest BCUT2D eigenvalue weighted by molar-refractivity contribution is -0.146. The number of benzene rings is 2. The number of rotatable bonds is 5. The van der Waals surface area contributed by atoms with Crippen LogP contribution in [0.15, 0.2) is 60.8 Å². The number of esters is 1. The zero-order valence-corrected chi connectivity index (χ0v) is 13.3. The van der Waals surface area contributed by atoms with Crippen LogP contribution in [-0.2, 0) is 16.1 Å². The van der Waals surface area contributed by atoms with E-state index in [2.05, 4.69) is 5.32 Å². The lowest BCUT2D eigenvalue weighted by atomic mass is 10.0. The molecule has 2 aromatic rings. The van der Waals surface area contributed by atoms with E-state index < -0.39 is 12.0 Å². The summed E-state index contributed by atoms with van der Waals surface area (Å²) in [6.45, 7) is 0.243. The van der Waals surface area contributed by atoms with Gasteiger partial charge in [-0.25, -0.2) is 0 Å². The summed E-state index contributed by atoms with van der Waals surface area (Å²) in [6, 6.07) is 16.7. The normalized spacial score (nSPS) is 13.2. The second kappa shape index (κ2) is 7.81. The molecule has 0 bridgehead atoms. The monoisotopic (exact) mass is 329 g/mol. The van der Waals surface area contributed by atoms with Gasteiger partial charge in [-0.3, -0.25) is 10.1 Å². The first-order chi connectivity index (χ1) is 10.7. The summed E-state index contributed by atoms with van der Waals surface area (Å²) in [5, 5.41) is 4.32. The summed E-state index contributed by atoms with van der Waals surface area (Å²) in [5.41, 5.74) is 9.84. The van der Waals surface area contributed by atoms with Crippen molar-refractivity contribution in [2.45, 2.75) is 19.1 Å². The molecule has 0 amide bonds. The first-order valence-electron chi connectivity index (χ1n) is 7.19. The summed E-state index contributed by atoms with van der Waals surface area (Å²) in [5.74, 6) is -0.394. The van der Waals surface area contributed by atoms with E-state index in [1.807, 2.05) is 54.6 Å². The number of para-hydroxylation sites is 1. The Morgan fingerprint density at radius 2 is 1.78 bits per heavy atom. The number of hydrogen-bond donors (Lipinski definition) is 1. The molecule has 5 heteroatoms. The minimum absolute atomic E-state index is 0. The third-order valence-corrected chi connectivity index (χ3v) is 3.58. The highest BCUT2D eigenvalue weighted by atomic mass is 35.5. The van der Waals surface area contributed by atoms with Gasteiger partial charge in [-0.05, 0) is 17.2 Å². The van der Waals surface area contributed by atoms with Gasteiger partial charge in [-0.2, -0.15) is 0 Å². The maximum absolute atomic E-state index is 12.0. The van der Waals surface area contributed by atoms with Gasteiger partial charge < -0.3 is 10.5 Å². The third-order valence-electron chi connectivity index (χ3n) is 3.58. The van der Waals surface area contributed by atoms with E-state index in [4.69, 9.17) is 10.5 Å². The second-order valence-electron chi connectivity index (χ2n) is 5.20. The van der Waals surface area contributed by atoms with Crippen molar-refractivity contribution in [1.29, 1.82) is 0 Å². The van der Waals surface area contributed by atoms with Crippen LogP contribution in [0, 0.1) is 0 Å². The molecule has 119 valence electrons. The van der Waals surface area contributed by atoms with Crippen molar-refractivity contribution >= 4 is 29.6 Å². The van der Waals surface area contributed by atoms with Crippen LogP contribution in [0.1, 0.15) is 17.5 Å². The number of fused-ring (bicyclic) bond motifs is 1. The van der Waals surface area contributed by atoms with Crippen LogP contribution < -0.4 is 11.1 Å². The highest BCUT2D eigenvalue weighted by Crippen LogP contribution is 2.32. The van der Waals surface area contributed by atoms with Crippen LogP contribution in [0.5, 0.6) is 0 Å². The maximum Gasteiger partial charge on any atom is 0.323 e. The standard InChI is InChI=1S/C18H17N2O2.ClH/c19-16(18(21)22-12-13-6-2-1-3-7-13)10-14-11-20-17-9-5-4-8-15(14)17;/h1-9,11,16H,10,12,19H2;1H/t16-;/m1./s1. The molecule has 2 N–H and O–H groups in total. The fourth-order valence-corrected chi connectivity index (χ4v) is 2.39. The highest BCUT2D eigenvalue weighted by molar-refractivity contribution is 5.85. The zero-order chi connectivity index (χ0) is 15.4. The quantitative estimate of drug-likeness (QED) is 0.857. The number of nitrogens with zero attached hydrogens (tertiary/aromatic N) is 1. The molecule has 1 atom stereocenters. The van der Waals surface area contributed by atoms with Gasteiger partial charge in [0.05, 0.1) is 5.69 Å². The van der Waals surface area contributed by atoms with Crippen LogP contribution in [0.2, 0.25) is 0 Å². The average molecular weight is 330 g/mol. The van der Waals surface area contributed by atoms with E-state index in [0.29, 0.717) is 6.42 Å². The van der Waals surface area contributed by atoms with Crippen molar-refractivity contribution < 1.29 is 9.53 Å². The summed E-state index contributed by atoms with van der Waals surface area (Å²) < 4.78 is 5.27. The van der Waals surface area contributed by atoms with E-state index in [0.717, 1.165) is 22.4 Å². The SMILES string of the molecule is Cl.N[C@H](CC1=C[N]c2ccccc21)C(=O)OCc1ccccc1. The molecule has 1 aliphatic heterocycles. The Balaban J connectivity index is 0.00000192. The molecule has 0 unspecified atom stereocenters. The molecule has 0 saturated heterocycles. The van der Waals surface area contributed by atoms with Gasteiger partial charge in [0.1, 0.15) is 12.6 Å². The van der Waals surface area contributed by atoms with Crippen molar-refractivity contribution in [1.82, 2.24) is 5.32 Å². The van der Waals surface area contributed by atoms with Crippen LogP contribution >= 0.6 is 12.4 Å². The molecular weight excluding hydrogens is 312 g/mol. The smallest absolute Gasteiger partial charge is 0.323 e. The molecule has 0 fully saturated rings. The molecule has 23 heavy (non-hydrogen) atoms. The van der Waals surface area contributed by atoms with Gasteiger partial charge >= 0.3 is 5.97 Å². The Kier molecular flexibility index (Phi) is 5.79. The van der Waals surface area contributed by atoms with Gasteiger partial charge in [0.2, 0.25) is 0 Å². The highest BCUT2D eigenvalue weighted by Gasteiger charge is 2.22. The van der Waals surface area contributed by atoms with E-state index in [1.54, 1.807) is 6.20 Å². The molecule has 0 aliphatic carbocycles. The molecule has 2 aromatic carbocycles. The molecule has 3 rings (SSSR count). The Labute approximate surface area is 141 Å². The van der Waals surface area contributed by atoms with E-state index in [-0.39, 0.29) is 19.0 Å². The number of carbonyl (C=O) groups excluding carboxylic acids is 1. The number of halogens is 1. The first-order valence-corrected chi connectivity index (χ1v) is 7.19. The molecule has 0 saturated carbocycles. The zero-order valence-electron chi connectivity index (χ0n) is 12.5. The molecule has 0 spiro atoms. The Hall–Kier alpha value is -2.30. The Morgan fingerprint density at radius 3 is 2.57 bits per heavy atom. The molecule has 0 aromatic heterocycles. The summed E-state index contributed by atoms with van der Waals surface area (Å²) >= 11 is 0. The van der Waals surface area contributed by atoms with E-state index in [9.17, 15) is 4.79 Å². The fraction of sp³-hybridized carbons (Fsp3) is 0.167. The van der Waals surface area contributed by atoms with Crippen LogP contribution in [0.3, 0.4) is 0 Å². The lowest BCUT2D eigenvalue weighted by Gasteiger charge is -2.12. The van der Waals surface area contributed by atoms with Gasteiger partial charge in [0, 0.05) is 18.2 Å². The maximum atomic E-state index is 12.0. The summed E-state index contributed by atoms with van der Waals surface area (Å²) in [7, 11) is 0. The van der Waals surface area contributed by atoms with Crippen LogP contribution in [0.25, 0.3) is 5.57 Å². The van der Waals surface area contributed by atoms with Gasteiger partial charge in [0.15, 0.2) is 0 Å². The van der Waals surface area contributed by atoms with Gasteiger partial charge in [-0.15, -0.1) is 12.4 Å². The van der Waals surface area contributed by atoms with Crippen molar-refractivity contribution in [3.05, 3.63) is 71.9 Å². The predicted molar refractivity (Wildman–Crippen MR) is 92.3 cm³/mol. The molecule has 4 nitrogen and oxygen atoms in total. The summed E-state index contributed by atoms with van der Waals surface area (Å²) in [4.78, 5) is 12.0. The molecule has 1 heterocycles. The van der Waals surface area contributed by atoms with Crippen molar-refractivity contribution in [3.63, 3.8) is 0 Å². The lowest BCUT2D eigenvalue weighted by Crippen LogP contribution is -2.32. The number of nitrogens with two attached hydrogens (primary N) is 1. The van der Waals surface area contributed by atoms with Gasteiger partial charge in [0.25, 0.3) is 0 Å². The molecular formula is C18H18ClN2O2. The van der Waals surface area contributed by atoms with Crippen LogP contribution in [-0.4, -0.2) is 12.0 Å². The largest absolute Gasteiger partial charge is 0.460 e. The predicted octanol–water partition coefficient (Wildman–Crippen LogP) is 3.16. The van der Waals surface area contributed by atoms with Crippen LogP contribution in [0.4, 0.5) is 5.69 Å². The van der Waals surface area contributed by atoms with Crippen molar-refractivity contribution in [2.24, 2.45) is 5.73 Å². The van der Waals surface area contributed by atoms with Crippen molar-refractivity contribution in [2.75, 3.05) is 0 Å². The molecule has 1 aliphatic rings. The number of carbonyl (C=O) groups is 1. The van der Waals surface area contributed by atoms with E-state index >= 15 is 0 Å². The Morgan fingerprint density at radius 1 is 1.09 bits per heavy atom. The molecule has 1 radical (unpaired) electrons. The summed E-state index contributed by atoms with van der Waals surface area (Å²) in [6.07, 6.45) is 2.20. The fourth-order valence-electron chi connectivity index (χ4n) is 2.39. The van der Waals surface area contributed by atoms with Crippen molar-refractivity contribution in [3.8, 4) is 0 Å². The number of hydrogen-bond acceptors (Lipinski definition) is 3. The average Bonchev–Trinajstić information content (AvgIpc) is 2.97. The second-order valence-corrected chi connectivity index (χ2v) is 5.20. The topological polar surface area (TPSA) is 66.4 Å². The minimum Gasteiger partial charge on any atom is -0.460 e. The first kappa shape index (κ1) is 17.1. The minimum atomic E-state index is -0.684. The Bertz CT molecular complexity index is 701. The van der Waals surface area contributed by atoms with Gasteiger partial charge in [-0.1, -0.05) is 48.5 Å². The van der Waals surface area contributed by atoms with E-state index in [1.165, 1.54) is 0 Å².